The Labute approximate surface area is 127 Å². The number of H-pyrrole nitrogens is 1. The van der Waals surface area contributed by atoms with E-state index in [-0.39, 0.29) is 0 Å². The fourth-order valence-electron chi connectivity index (χ4n) is 2.16. The van der Waals surface area contributed by atoms with Crippen LogP contribution in [0.3, 0.4) is 0 Å². The second-order valence-corrected chi connectivity index (χ2v) is 5.24. The van der Waals surface area contributed by atoms with E-state index in [0.717, 1.165) is 17.6 Å². The van der Waals surface area contributed by atoms with E-state index in [9.17, 15) is 13.2 Å². The molecule has 0 aliphatic heterocycles. The first-order valence-electron chi connectivity index (χ1n) is 5.95. The third-order valence-corrected chi connectivity index (χ3v) is 3.70. The summed E-state index contributed by atoms with van der Waals surface area (Å²) in [6.45, 7) is 0. The standard InChI is InChI=1S/C14H8ClF3N2S/c15-10-2-1-3-11-12(10)20(13(21)19-11)9-6-4-8(5-7-9)14(16,17)18/h1-7H,(H,19,21). The Balaban J connectivity index is 2.21. The zero-order chi connectivity index (χ0) is 15.2. The number of halogens is 4. The molecule has 0 saturated heterocycles. The number of aromatic amines is 1. The number of rotatable bonds is 1. The minimum absolute atomic E-state index is 0.373. The first kappa shape index (κ1) is 14.2. The molecule has 3 rings (SSSR count). The lowest BCUT2D eigenvalue weighted by atomic mass is 10.2. The lowest BCUT2D eigenvalue weighted by Crippen LogP contribution is -2.05. The summed E-state index contributed by atoms with van der Waals surface area (Å²) in [4.78, 5) is 2.98. The summed E-state index contributed by atoms with van der Waals surface area (Å²) in [6.07, 6.45) is -4.36. The highest BCUT2D eigenvalue weighted by Gasteiger charge is 2.30. The van der Waals surface area contributed by atoms with Gasteiger partial charge in [-0.2, -0.15) is 13.2 Å². The molecule has 3 aromatic rings. The number of hydrogen-bond donors (Lipinski definition) is 1. The van der Waals surface area contributed by atoms with E-state index in [1.165, 1.54) is 12.1 Å². The molecule has 2 nitrogen and oxygen atoms in total. The molecule has 0 fully saturated rings. The Hall–Kier alpha value is -1.79. The maximum absolute atomic E-state index is 12.6. The summed E-state index contributed by atoms with van der Waals surface area (Å²) in [5, 5.41) is 0.472. The average Bonchev–Trinajstić information content (AvgIpc) is 2.75. The summed E-state index contributed by atoms with van der Waals surface area (Å²) in [6, 6.07) is 10.1. The maximum Gasteiger partial charge on any atom is 0.416 e. The minimum atomic E-state index is -4.36. The Bertz CT molecular complexity index is 863. The molecule has 1 N–H and O–H groups in total. The van der Waals surface area contributed by atoms with Crippen LogP contribution >= 0.6 is 23.8 Å². The van der Waals surface area contributed by atoms with Crippen molar-refractivity contribution in [3.8, 4) is 5.69 Å². The van der Waals surface area contributed by atoms with Crippen LogP contribution in [-0.4, -0.2) is 9.55 Å². The summed E-state index contributed by atoms with van der Waals surface area (Å²) < 4.78 is 39.8. The van der Waals surface area contributed by atoms with Crippen LogP contribution < -0.4 is 0 Å². The van der Waals surface area contributed by atoms with Gasteiger partial charge in [0.05, 0.1) is 21.6 Å². The Morgan fingerprint density at radius 1 is 1.05 bits per heavy atom. The van der Waals surface area contributed by atoms with Crippen LogP contribution in [0, 0.1) is 4.77 Å². The van der Waals surface area contributed by atoms with E-state index >= 15 is 0 Å². The maximum atomic E-state index is 12.6. The Kier molecular flexibility index (Phi) is 3.30. The van der Waals surface area contributed by atoms with Crippen LogP contribution in [0.4, 0.5) is 13.2 Å². The van der Waals surface area contributed by atoms with E-state index in [4.69, 9.17) is 23.8 Å². The molecule has 7 heteroatoms. The molecule has 2 aromatic carbocycles. The van der Waals surface area contributed by atoms with E-state index in [1.807, 2.05) is 0 Å². The van der Waals surface area contributed by atoms with E-state index in [0.29, 0.717) is 21.0 Å². The van der Waals surface area contributed by atoms with Gasteiger partial charge in [0.2, 0.25) is 0 Å². The van der Waals surface area contributed by atoms with Gasteiger partial charge in [-0.1, -0.05) is 17.7 Å². The van der Waals surface area contributed by atoms with Crippen molar-refractivity contribution in [3.63, 3.8) is 0 Å². The number of para-hydroxylation sites is 1. The molecule has 0 atom stereocenters. The molecule has 0 unspecified atom stereocenters. The van der Waals surface area contributed by atoms with Crippen LogP contribution in [0.2, 0.25) is 5.02 Å². The molecular weight excluding hydrogens is 321 g/mol. The normalized spacial score (nSPS) is 12.0. The van der Waals surface area contributed by atoms with Crippen molar-refractivity contribution in [1.82, 2.24) is 9.55 Å². The van der Waals surface area contributed by atoms with Gasteiger partial charge in [0.15, 0.2) is 4.77 Å². The highest BCUT2D eigenvalue weighted by Crippen LogP contribution is 2.31. The SMILES string of the molecule is FC(F)(F)c1ccc(-n2c(=S)[nH]c3cccc(Cl)c32)cc1. The van der Waals surface area contributed by atoms with Crippen LogP contribution in [0.5, 0.6) is 0 Å². The predicted octanol–water partition coefficient (Wildman–Crippen LogP) is 5.36. The molecule has 1 heterocycles. The summed E-state index contributed by atoms with van der Waals surface area (Å²) in [5.74, 6) is 0. The molecule has 0 bridgehead atoms. The minimum Gasteiger partial charge on any atom is -0.330 e. The molecular formula is C14H8ClF3N2S. The zero-order valence-corrected chi connectivity index (χ0v) is 12.0. The fraction of sp³-hybridized carbons (Fsp3) is 0.0714. The zero-order valence-electron chi connectivity index (χ0n) is 10.4. The molecule has 0 aliphatic rings. The van der Waals surface area contributed by atoms with Crippen molar-refractivity contribution < 1.29 is 13.2 Å². The van der Waals surface area contributed by atoms with Crippen molar-refractivity contribution >= 4 is 34.9 Å². The van der Waals surface area contributed by atoms with Gasteiger partial charge in [-0.25, -0.2) is 0 Å². The van der Waals surface area contributed by atoms with Crippen LogP contribution in [-0.2, 0) is 6.18 Å². The van der Waals surface area contributed by atoms with Crippen LogP contribution in [0.25, 0.3) is 16.7 Å². The van der Waals surface area contributed by atoms with Crippen LogP contribution in [0.1, 0.15) is 5.56 Å². The Morgan fingerprint density at radius 3 is 2.33 bits per heavy atom. The van der Waals surface area contributed by atoms with Crippen molar-refractivity contribution in [2.75, 3.05) is 0 Å². The third-order valence-electron chi connectivity index (χ3n) is 3.11. The number of fused-ring (bicyclic) bond motifs is 1. The van der Waals surface area contributed by atoms with Crippen molar-refractivity contribution in [1.29, 1.82) is 0 Å². The number of alkyl halides is 3. The fourth-order valence-corrected chi connectivity index (χ4v) is 2.73. The number of imidazole rings is 1. The molecule has 0 saturated carbocycles. The van der Waals surface area contributed by atoms with Gasteiger partial charge in [-0.3, -0.25) is 4.57 Å². The number of hydrogen-bond acceptors (Lipinski definition) is 1. The average molecular weight is 329 g/mol. The molecule has 0 aliphatic carbocycles. The number of nitrogens with zero attached hydrogens (tertiary/aromatic N) is 1. The van der Waals surface area contributed by atoms with Gasteiger partial charge in [0.1, 0.15) is 0 Å². The quantitative estimate of drug-likeness (QED) is 0.596. The first-order valence-corrected chi connectivity index (χ1v) is 6.73. The van der Waals surface area contributed by atoms with Gasteiger partial charge >= 0.3 is 6.18 Å². The summed E-state index contributed by atoms with van der Waals surface area (Å²) in [7, 11) is 0. The van der Waals surface area contributed by atoms with Gasteiger partial charge < -0.3 is 4.98 Å². The van der Waals surface area contributed by atoms with Gasteiger partial charge in [-0.05, 0) is 48.6 Å². The predicted molar refractivity (Wildman–Crippen MR) is 78.5 cm³/mol. The third kappa shape index (κ3) is 2.45. The number of nitrogens with one attached hydrogen (secondary N) is 1. The summed E-state index contributed by atoms with van der Waals surface area (Å²) >= 11 is 11.4. The molecule has 0 spiro atoms. The smallest absolute Gasteiger partial charge is 0.330 e. The number of benzene rings is 2. The van der Waals surface area contributed by atoms with Gasteiger partial charge in [0.25, 0.3) is 0 Å². The summed E-state index contributed by atoms with van der Waals surface area (Å²) in [5.41, 5.74) is 1.19. The molecule has 21 heavy (non-hydrogen) atoms. The Morgan fingerprint density at radius 2 is 1.71 bits per heavy atom. The van der Waals surface area contributed by atoms with Crippen molar-refractivity contribution in [3.05, 3.63) is 57.8 Å². The molecule has 0 radical (unpaired) electrons. The van der Waals surface area contributed by atoms with Crippen molar-refractivity contribution in [2.24, 2.45) is 0 Å². The van der Waals surface area contributed by atoms with E-state index in [1.54, 1.807) is 22.8 Å². The number of aromatic nitrogens is 2. The van der Waals surface area contributed by atoms with Crippen LogP contribution in [0.15, 0.2) is 42.5 Å². The van der Waals surface area contributed by atoms with Gasteiger partial charge in [-0.15, -0.1) is 0 Å². The lowest BCUT2D eigenvalue weighted by molar-refractivity contribution is -0.137. The molecule has 0 amide bonds. The van der Waals surface area contributed by atoms with E-state index in [2.05, 4.69) is 4.98 Å². The molecule has 108 valence electrons. The largest absolute Gasteiger partial charge is 0.416 e. The molecule has 1 aromatic heterocycles. The lowest BCUT2D eigenvalue weighted by Gasteiger charge is -2.09. The topological polar surface area (TPSA) is 20.7 Å². The second kappa shape index (κ2) is 4.89. The first-order chi connectivity index (χ1) is 9.88. The highest BCUT2D eigenvalue weighted by molar-refractivity contribution is 7.71. The highest BCUT2D eigenvalue weighted by atomic mass is 35.5. The monoisotopic (exact) mass is 328 g/mol. The van der Waals surface area contributed by atoms with Gasteiger partial charge in [0, 0.05) is 5.69 Å². The second-order valence-electron chi connectivity index (χ2n) is 4.45. The van der Waals surface area contributed by atoms with E-state index < -0.39 is 11.7 Å². The van der Waals surface area contributed by atoms with Crippen molar-refractivity contribution in [2.45, 2.75) is 6.18 Å².